The predicted octanol–water partition coefficient (Wildman–Crippen LogP) is 1.04. The third kappa shape index (κ3) is 2.40. The van der Waals surface area contributed by atoms with Crippen LogP contribution >= 0.6 is 0 Å². The largest absolute Gasteiger partial charge is 0.323 e. The first-order valence-electron chi connectivity index (χ1n) is 6.74. The van der Waals surface area contributed by atoms with Crippen molar-refractivity contribution < 1.29 is 8.42 Å². The molecule has 3 rings (SSSR count). The normalized spacial score (nSPS) is 28.7. The molecule has 1 aromatic rings. The van der Waals surface area contributed by atoms with E-state index in [2.05, 4.69) is 4.98 Å². The van der Waals surface area contributed by atoms with E-state index in [1.165, 1.54) is 0 Å². The van der Waals surface area contributed by atoms with Gasteiger partial charge in [0.25, 0.3) is 0 Å². The van der Waals surface area contributed by atoms with Gasteiger partial charge >= 0.3 is 0 Å². The Kier molecular flexibility index (Phi) is 3.32. The summed E-state index contributed by atoms with van der Waals surface area (Å²) in [6.07, 6.45) is 7.31. The average Bonchev–Trinajstić information content (AvgIpc) is 3.00. The van der Waals surface area contributed by atoms with E-state index in [0.29, 0.717) is 0 Å². The summed E-state index contributed by atoms with van der Waals surface area (Å²) in [4.78, 5) is 3.92. The van der Waals surface area contributed by atoms with Gasteiger partial charge in [-0.05, 0) is 43.4 Å². The van der Waals surface area contributed by atoms with Gasteiger partial charge in [0.1, 0.15) is 0 Å². The molecule has 1 unspecified atom stereocenters. The van der Waals surface area contributed by atoms with Crippen LogP contribution in [-0.4, -0.2) is 35.5 Å². The Balaban J connectivity index is 1.76. The average molecular weight is 281 g/mol. The standard InChI is InChI=1S/C13H19N3O2S/c14-13(10-5-7-15-8-6-10)9-19(17,18)16-11-1-2-12(16)4-3-11/h5-8,11-13H,1-4,9,14H2. The zero-order valence-corrected chi connectivity index (χ0v) is 11.6. The molecule has 3 heterocycles. The third-order valence-electron chi connectivity index (χ3n) is 4.23. The summed E-state index contributed by atoms with van der Waals surface area (Å²) in [5, 5.41) is 0. The molecule has 0 spiro atoms. The highest BCUT2D eigenvalue weighted by atomic mass is 32.2. The monoisotopic (exact) mass is 281 g/mol. The first-order chi connectivity index (χ1) is 9.08. The summed E-state index contributed by atoms with van der Waals surface area (Å²) in [7, 11) is -3.26. The lowest BCUT2D eigenvalue weighted by atomic mass is 10.0. The van der Waals surface area contributed by atoms with Crippen LogP contribution in [0.15, 0.2) is 24.5 Å². The van der Waals surface area contributed by atoms with Crippen molar-refractivity contribution in [2.75, 3.05) is 5.75 Å². The van der Waals surface area contributed by atoms with Gasteiger partial charge in [-0.3, -0.25) is 4.98 Å². The van der Waals surface area contributed by atoms with Crippen LogP contribution in [0.3, 0.4) is 0 Å². The molecule has 0 aromatic carbocycles. The summed E-state index contributed by atoms with van der Waals surface area (Å²) >= 11 is 0. The van der Waals surface area contributed by atoms with Crippen LogP contribution in [0.1, 0.15) is 37.3 Å². The molecule has 5 nitrogen and oxygen atoms in total. The Hall–Kier alpha value is -0.980. The Bertz CT molecular complexity index is 526. The fourth-order valence-corrected chi connectivity index (χ4v) is 5.49. The Morgan fingerprint density at radius 2 is 1.74 bits per heavy atom. The van der Waals surface area contributed by atoms with Gasteiger partial charge in [0.05, 0.1) is 5.75 Å². The minimum absolute atomic E-state index is 0.00991. The summed E-state index contributed by atoms with van der Waals surface area (Å²) < 4.78 is 26.7. The van der Waals surface area contributed by atoms with Crippen molar-refractivity contribution in [1.29, 1.82) is 0 Å². The van der Waals surface area contributed by atoms with Crippen LogP contribution in [0.4, 0.5) is 0 Å². The number of hydrogen-bond acceptors (Lipinski definition) is 4. The number of rotatable bonds is 4. The molecule has 0 aliphatic carbocycles. The summed E-state index contributed by atoms with van der Waals surface area (Å²) in [5.41, 5.74) is 6.85. The van der Waals surface area contributed by atoms with Crippen molar-refractivity contribution in [2.45, 2.75) is 43.8 Å². The van der Waals surface area contributed by atoms with E-state index in [1.807, 2.05) is 0 Å². The molecule has 6 heteroatoms. The van der Waals surface area contributed by atoms with E-state index in [1.54, 1.807) is 28.8 Å². The maximum Gasteiger partial charge on any atom is 0.216 e. The predicted molar refractivity (Wildman–Crippen MR) is 72.8 cm³/mol. The molecule has 2 saturated heterocycles. The number of nitrogens with zero attached hydrogens (tertiary/aromatic N) is 2. The molecule has 2 aliphatic rings. The van der Waals surface area contributed by atoms with Crippen LogP contribution in [-0.2, 0) is 10.0 Å². The first kappa shape index (κ1) is 13.0. The van der Waals surface area contributed by atoms with E-state index in [0.717, 1.165) is 31.2 Å². The van der Waals surface area contributed by atoms with Crippen LogP contribution < -0.4 is 5.73 Å². The topological polar surface area (TPSA) is 76.3 Å². The minimum atomic E-state index is -3.26. The second kappa shape index (κ2) is 4.85. The number of nitrogens with two attached hydrogens (primary N) is 1. The highest BCUT2D eigenvalue weighted by molar-refractivity contribution is 7.89. The Morgan fingerprint density at radius 1 is 1.21 bits per heavy atom. The van der Waals surface area contributed by atoms with E-state index in [9.17, 15) is 8.42 Å². The summed E-state index contributed by atoms with van der Waals surface area (Å²) in [6, 6.07) is 3.52. The van der Waals surface area contributed by atoms with Crippen molar-refractivity contribution in [3.8, 4) is 0 Å². The molecule has 1 atom stereocenters. The second-order valence-electron chi connectivity index (χ2n) is 5.46. The number of aromatic nitrogens is 1. The fraction of sp³-hybridized carbons (Fsp3) is 0.615. The molecule has 2 bridgehead atoms. The SMILES string of the molecule is NC(CS(=O)(=O)N1C2CCC1CC2)c1ccncc1. The van der Waals surface area contributed by atoms with Crippen molar-refractivity contribution >= 4 is 10.0 Å². The highest BCUT2D eigenvalue weighted by Gasteiger charge is 2.46. The Morgan fingerprint density at radius 3 is 2.26 bits per heavy atom. The number of fused-ring (bicyclic) bond motifs is 2. The number of pyridine rings is 1. The van der Waals surface area contributed by atoms with E-state index >= 15 is 0 Å². The van der Waals surface area contributed by atoms with Gasteiger partial charge in [0, 0.05) is 30.5 Å². The molecule has 2 aliphatic heterocycles. The summed E-state index contributed by atoms with van der Waals surface area (Å²) in [5.74, 6) is -0.00991. The minimum Gasteiger partial charge on any atom is -0.323 e. The van der Waals surface area contributed by atoms with E-state index < -0.39 is 16.1 Å². The van der Waals surface area contributed by atoms with E-state index in [-0.39, 0.29) is 17.8 Å². The number of hydrogen-bond donors (Lipinski definition) is 1. The van der Waals surface area contributed by atoms with Gasteiger partial charge in [-0.2, -0.15) is 4.31 Å². The lowest BCUT2D eigenvalue weighted by molar-refractivity contribution is 0.394. The van der Waals surface area contributed by atoms with Crippen LogP contribution in [0.25, 0.3) is 0 Å². The quantitative estimate of drug-likeness (QED) is 0.894. The van der Waals surface area contributed by atoms with Crippen molar-refractivity contribution in [3.05, 3.63) is 30.1 Å². The maximum atomic E-state index is 12.5. The zero-order valence-electron chi connectivity index (χ0n) is 10.8. The van der Waals surface area contributed by atoms with Crippen molar-refractivity contribution in [3.63, 3.8) is 0 Å². The molecule has 0 amide bonds. The lowest BCUT2D eigenvalue weighted by Crippen LogP contribution is -2.39. The molecular weight excluding hydrogens is 262 g/mol. The molecule has 1 aromatic heterocycles. The van der Waals surface area contributed by atoms with Gasteiger partial charge in [-0.1, -0.05) is 0 Å². The third-order valence-corrected chi connectivity index (χ3v) is 6.25. The molecule has 19 heavy (non-hydrogen) atoms. The zero-order chi connectivity index (χ0) is 13.5. The van der Waals surface area contributed by atoms with Crippen LogP contribution in [0, 0.1) is 0 Å². The van der Waals surface area contributed by atoms with Gasteiger partial charge in [-0.15, -0.1) is 0 Å². The molecule has 2 N–H and O–H groups in total. The Labute approximate surface area is 113 Å². The smallest absolute Gasteiger partial charge is 0.216 e. The molecule has 0 radical (unpaired) electrons. The molecule has 104 valence electrons. The summed E-state index contributed by atoms with van der Waals surface area (Å²) in [6.45, 7) is 0. The van der Waals surface area contributed by atoms with Crippen LogP contribution in [0.2, 0.25) is 0 Å². The lowest BCUT2D eigenvalue weighted by Gasteiger charge is -2.23. The fourth-order valence-electron chi connectivity index (χ4n) is 3.34. The maximum absolute atomic E-state index is 12.5. The van der Waals surface area contributed by atoms with Crippen LogP contribution in [0.5, 0.6) is 0 Å². The van der Waals surface area contributed by atoms with Gasteiger partial charge in [-0.25, -0.2) is 8.42 Å². The highest BCUT2D eigenvalue weighted by Crippen LogP contribution is 2.40. The second-order valence-corrected chi connectivity index (χ2v) is 7.38. The number of sulfonamides is 1. The van der Waals surface area contributed by atoms with Gasteiger partial charge in [0.15, 0.2) is 0 Å². The van der Waals surface area contributed by atoms with Gasteiger partial charge in [0.2, 0.25) is 10.0 Å². The molecule has 2 fully saturated rings. The van der Waals surface area contributed by atoms with E-state index in [4.69, 9.17) is 5.73 Å². The van der Waals surface area contributed by atoms with Gasteiger partial charge < -0.3 is 5.73 Å². The molecular formula is C13H19N3O2S. The van der Waals surface area contributed by atoms with Crippen molar-refractivity contribution in [2.24, 2.45) is 5.73 Å². The molecule has 0 saturated carbocycles. The first-order valence-corrected chi connectivity index (χ1v) is 8.35. The van der Waals surface area contributed by atoms with Crippen molar-refractivity contribution in [1.82, 2.24) is 9.29 Å².